The lowest BCUT2D eigenvalue weighted by Crippen LogP contribution is -1.92. The first kappa shape index (κ1) is 14.1. The summed E-state index contributed by atoms with van der Waals surface area (Å²) in [6.07, 6.45) is 1.07. The summed E-state index contributed by atoms with van der Waals surface area (Å²) in [5.41, 5.74) is 1.52. The second-order valence-corrected chi connectivity index (χ2v) is 4.74. The third-order valence-electron chi connectivity index (χ3n) is 3.35. The van der Waals surface area contributed by atoms with Gasteiger partial charge in [0.25, 0.3) is 0 Å². The molecule has 0 bridgehead atoms. The average Bonchev–Trinajstić information content (AvgIpc) is 2.49. The van der Waals surface area contributed by atoms with Crippen molar-refractivity contribution in [1.82, 2.24) is 0 Å². The molecule has 0 fully saturated rings. The van der Waals surface area contributed by atoms with Gasteiger partial charge < -0.3 is 4.74 Å². The molecule has 2 nitrogen and oxygen atoms in total. The first-order chi connectivity index (χ1) is 9.63. The Morgan fingerprint density at radius 2 is 1.90 bits per heavy atom. The van der Waals surface area contributed by atoms with Gasteiger partial charge in [0.15, 0.2) is 11.6 Å². The van der Waals surface area contributed by atoms with E-state index in [-0.39, 0.29) is 11.3 Å². The lowest BCUT2D eigenvalue weighted by Gasteiger charge is -2.11. The first-order valence-corrected chi connectivity index (χ1v) is 6.61. The molecule has 2 aromatic carbocycles. The SMILES string of the molecule is CCC(C)c1ccc(Oc2ccc(C#N)cc2F)cc1. The Kier molecular flexibility index (Phi) is 4.37. The van der Waals surface area contributed by atoms with Crippen molar-refractivity contribution in [2.45, 2.75) is 26.2 Å². The van der Waals surface area contributed by atoms with Crippen LogP contribution >= 0.6 is 0 Å². The number of nitriles is 1. The zero-order valence-corrected chi connectivity index (χ0v) is 11.6. The minimum absolute atomic E-state index is 0.125. The van der Waals surface area contributed by atoms with Crippen molar-refractivity contribution < 1.29 is 9.13 Å². The molecule has 20 heavy (non-hydrogen) atoms. The smallest absolute Gasteiger partial charge is 0.167 e. The van der Waals surface area contributed by atoms with Crippen LogP contribution in [0.2, 0.25) is 0 Å². The van der Waals surface area contributed by atoms with Gasteiger partial charge >= 0.3 is 0 Å². The zero-order valence-electron chi connectivity index (χ0n) is 11.6. The molecule has 1 unspecified atom stereocenters. The topological polar surface area (TPSA) is 33.0 Å². The molecule has 0 aromatic heterocycles. The van der Waals surface area contributed by atoms with Gasteiger partial charge in [-0.3, -0.25) is 0 Å². The van der Waals surface area contributed by atoms with E-state index in [0.29, 0.717) is 11.7 Å². The van der Waals surface area contributed by atoms with Crippen LogP contribution in [0.1, 0.15) is 37.3 Å². The van der Waals surface area contributed by atoms with Crippen molar-refractivity contribution in [2.24, 2.45) is 0 Å². The minimum atomic E-state index is -0.532. The molecule has 0 radical (unpaired) electrons. The normalized spacial score (nSPS) is 11.7. The molecular weight excluding hydrogens is 253 g/mol. The summed E-state index contributed by atoms with van der Waals surface area (Å²) in [5, 5.41) is 8.69. The van der Waals surface area contributed by atoms with Crippen molar-refractivity contribution in [2.75, 3.05) is 0 Å². The van der Waals surface area contributed by atoms with E-state index in [0.717, 1.165) is 6.42 Å². The van der Waals surface area contributed by atoms with Crippen LogP contribution in [0.4, 0.5) is 4.39 Å². The van der Waals surface area contributed by atoms with Crippen LogP contribution in [-0.2, 0) is 0 Å². The van der Waals surface area contributed by atoms with Crippen LogP contribution in [0.15, 0.2) is 42.5 Å². The van der Waals surface area contributed by atoms with Gasteiger partial charge in [0.2, 0.25) is 0 Å². The number of hydrogen-bond acceptors (Lipinski definition) is 2. The molecular formula is C17H16FNO. The minimum Gasteiger partial charge on any atom is -0.454 e. The number of ether oxygens (including phenoxy) is 1. The average molecular weight is 269 g/mol. The van der Waals surface area contributed by atoms with Crippen LogP contribution in [0.5, 0.6) is 11.5 Å². The van der Waals surface area contributed by atoms with E-state index in [9.17, 15) is 4.39 Å². The maximum atomic E-state index is 13.7. The Morgan fingerprint density at radius 1 is 1.20 bits per heavy atom. The quantitative estimate of drug-likeness (QED) is 0.782. The number of benzene rings is 2. The maximum Gasteiger partial charge on any atom is 0.167 e. The van der Waals surface area contributed by atoms with Crippen LogP contribution in [0.3, 0.4) is 0 Å². The van der Waals surface area contributed by atoms with E-state index in [1.807, 2.05) is 30.3 Å². The van der Waals surface area contributed by atoms with Crippen molar-refractivity contribution in [3.8, 4) is 17.6 Å². The van der Waals surface area contributed by atoms with E-state index in [1.54, 1.807) is 0 Å². The number of hydrogen-bond donors (Lipinski definition) is 0. The standard InChI is InChI=1S/C17H16FNO/c1-3-12(2)14-5-7-15(8-6-14)20-17-9-4-13(11-19)10-16(17)18/h4-10,12H,3H2,1-2H3. The molecule has 0 saturated heterocycles. The van der Waals surface area contributed by atoms with Crippen molar-refractivity contribution >= 4 is 0 Å². The van der Waals surface area contributed by atoms with Gasteiger partial charge in [0, 0.05) is 0 Å². The van der Waals surface area contributed by atoms with Crippen LogP contribution in [-0.4, -0.2) is 0 Å². The molecule has 0 aliphatic carbocycles. The molecule has 0 amide bonds. The summed E-state index contributed by atoms with van der Waals surface area (Å²) >= 11 is 0. The highest BCUT2D eigenvalue weighted by Crippen LogP contribution is 2.27. The van der Waals surface area contributed by atoms with Gasteiger partial charge in [0.1, 0.15) is 5.75 Å². The number of nitrogens with zero attached hydrogens (tertiary/aromatic N) is 1. The van der Waals surface area contributed by atoms with Gasteiger partial charge in [-0.1, -0.05) is 26.0 Å². The molecule has 0 heterocycles. The van der Waals surface area contributed by atoms with E-state index in [4.69, 9.17) is 10.00 Å². The Bertz CT molecular complexity index is 628. The highest BCUT2D eigenvalue weighted by molar-refractivity contribution is 5.39. The fraction of sp³-hybridized carbons (Fsp3) is 0.235. The highest BCUT2D eigenvalue weighted by atomic mass is 19.1. The van der Waals surface area contributed by atoms with Gasteiger partial charge in [0.05, 0.1) is 11.6 Å². The van der Waals surface area contributed by atoms with Crippen molar-refractivity contribution in [3.05, 3.63) is 59.4 Å². The molecule has 0 N–H and O–H groups in total. The molecule has 3 heteroatoms. The second-order valence-electron chi connectivity index (χ2n) is 4.74. The molecule has 1 atom stereocenters. The van der Waals surface area contributed by atoms with Crippen LogP contribution in [0.25, 0.3) is 0 Å². The fourth-order valence-electron chi connectivity index (χ4n) is 1.88. The Labute approximate surface area is 118 Å². The third-order valence-corrected chi connectivity index (χ3v) is 3.35. The predicted octanol–water partition coefficient (Wildman–Crippen LogP) is 5.00. The Hall–Kier alpha value is -2.34. The molecule has 0 aliphatic rings. The Morgan fingerprint density at radius 3 is 2.45 bits per heavy atom. The van der Waals surface area contributed by atoms with E-state index in [1.165, 1.54) is 23.8 Å². The monoisotopic (exact) mass is 269 g/mol. The molecule has 2 aromatic rings. The van der Waals surface area contributed by atoms with E-state index < -0.39 is 5.82 Å². The summed E-state index contributed by atoms with van der Waals surface area (Å²) in [5.74, 6) is 0.673. The summed E-state index contributed by atoms with van der Waals surface area (Å²) in [4.78, 5) is 0. The van der Waals surface area contributed by atoms with Gasteiger partial charge in [-0.25, -0.2) is 4.39 Å². The van der Waals surface area contributed by atoms with Gasteiger partial charge in [-0.15, -0.1) is 0 Å². The second kappa shape index (κ2) is 6.21. The highest BCUT2D eigenvalue weighted by Gasteiger charge is 2.07. The summed E-state index contributed by atoms with van der Waals surface area (Å²) in [6, 6.07) is 13.7. The predicted molar refractivity (Wildman–Crippen MR) is 76.3 cm³/mol. The number of rotatable bonds is 4. The maximum absolute atomic E-state index is 13.7. The first-order valence-electron chi connectivity index (χ1n) is 6.61. The Balaban J connectivity index is 2.16. The van der Waals surface area contributed by atoms with E-state index >= 15 is 0 Å². The molecule has 0 saturated carbocycles. The van der Waals surface area contributed by atoms with Gasteiger partial charge in [-0.2, -0.15) is 5.26 Å². The van der Waals surface area contributed by atoms with Crippen LogP contribution < -0.4 is 4.74 Å². The zero-order chi connectivity index (χ0) is 14.5. The largest absolute Gasteiger partial charge is 0.454 e. The molecule has 102 valence electrons. The van der Waals surface area contributed by atoms with Gasteiger partial charge in [-0.05, 0) is 48.2 Å². The lowest BCUT2D eigenvalue weighted by molar-refractivity contribution is 0.442. The van der Waals surface area contributed by atoms with Crippen molar-refractivity contribution in [1.29, 1.82) is 5.26 Å². The van der Waals surface area contributed by atoms with Crippen molar-refractivity contribution in [3.63, 3.8) is 0 Å². The fourth-order valence-corrected chi connectivity index (χ4v) is 1.88. The molecule has 2 rings (SSSR count). The van der Waals surface area contributed by atoms with E-state index in [2.05, 4.69) is 13.8 Å². The molecule has 0 aliphatic heterocycles. The lowest BCUT2D eigenvalue weighted by atomic mass is 9.99. The summed E-state index contributed by atoms with van der Waals surface area (Å²) < 4.78 is 19.2. The van der Waals surface area contributed by atoms with Crippen LogP contribution in [0, 0.1) is 17.1 Å². The summed E-state index contributed by atoms with van der Waals surface area (Å²) in [6.45, 7) is 4.30. The summed E-state index contributed by atoms with van der Waals surface area (Å²) in [7, 11) is 0. The third kappa shape index (κ3) is 3.16. The number of halogens is 1. The molecule has 0 spiro atoms.